The van der Waals surface area contributed by atoms with Crippen LogP contribution in [-0.4, -0.2) is 20.7 Å². The summed E-state index contributed by atoms with van der Waals surface area (Å²) >= 11 is 0. The van der Waals surface area contributed by atoms with Gasteiger partial charge in [0, 0.05) is 5.56 Å². The Morgan fingerprint density at radius 1 is 1.45 bits per heavy atom. The Bertz CT molecular complexity index is 660. The highest BCUT2D eigenvalue weighted by Crippen LogP contribution is 2.45. The number of ether oxygens (including phenoxy) is 1. The molecule has 20 heavy (non-hydrogen) atoms. The Balaban J connectivity index is 2.07. The van der Waals surface area contributed by atoms with Crippen LogP contribution in [0.3, 0.4) is 0 Å². The van der Waals surface area contributed by atoms with Gasteiger partial charge in [-0.2, -0.15) is 5.10 Å². The molecule has 1 fully saturated rings. The van der Waals surface area contributed by atoms with Crippen LogP contribution in [0.4, 0.5) is 8.78 Å². The highest BCUT2D eigenvalue weighted by Gasteiger charge is 2.57. The molecule has 2 heterocycles. The second kappa shape index (κ2) is 4.36. The van der Waals surface area contributed by atoms with E-state index in [9.17, 15) is 13.6 Å². The van der Waals surface area contributed by atoms with Crippen LogP contribution in [0.15, 0.2) is 30.9 Å². The molecule has 0 spiro atoms. The number of rotatable bonds is 3. The molecule has 3 rings (SSSR count). The van der Waals surface area contributed by atoms with Crippen molar-refractivity contribution in [2.24, 2.45) is 5.92 Å². The van der Waals surface area contributed by atoms with E-state index in [0.717, 1.165) is 18.2 Å². The van der Waals surface area contributed by atoms with E-state index >= 15 is 0 Å². The average Bonchev–Trinajstić information content (AvgIpc) is 2.93. The molecule has 1 saturated heterocycles. The quantitative estimate of drug-likeness (QED) is 0.802. The molecule has 1 aromatic heterocycles. The van der Waals surface area contributed by atoms with Crippen molar-refractivity contribution in [2.45, 2.75) is 19.1 Å². The van der Waals surface area contributed by atoms with Crippen LogP contribution >= 0.6 is 0 Å². The molecule has 0 N–H and O–H groups in total. The molecule has 5 nitrogen and oxygen atoms in total. The fraction of sp³-hybridized carbons (Fsp3) is 0.308. The molecule has 2 unspecified atom stereocenters. The van der Waals surface area contributed by atoms with E-state index in [4.69, 9.17) is 4.74 Å². The van der Waals surface area contributed by atoms with Crippen LogP contribution < -0.4 is 0 Å². The van der Waals surface area contributed by atoms with Crippen molar-refractivity contribution >= 4 is 5.97 Å². The van der Waals surface area contributed by atoms with Gasteiger partial charge in [-0.3, -0.25) is 4.79 Å². The summed E-state index contributed by atoms with van der Waals surface area (Å²) < 4.78 is 34.0. The molecule has 1 aliphatic rings. The van der Waals surface area contributed by atoms with Crippen molar-refractivity contribution in [1.29, 1.82) is 0 Å². The fourth-order valence-electron chi connectivity index (χ4n) is 2.41. The number of cyclic esters (lactones) is 1. The van der Waals surface area contributed by atoms with Gasteiger partial charge in [-0.1, -0.05) is 0 Å². The average molecular weight is 279 g/mol. The zero-order valence-electron chi connectivity index (χ0n) is 10.6. The smallest absolute Gasteiger partial charge is 0.314 e. The van der Waals surface area contributed by atoms with Crippen molar-refractivity contribution in [3.63, 3.8) is 0 Å². The number of hydrogen-bond acceptors (Lipinski definition) is 4. The van der Waals surface area contributed by atoms with Gasteiger partial charge in [0.1, 0.15) is 30.2 Å². The molecule has 0 radical (unpaired) electrons. The second-order valence-corrected chi connectivity index (χ2v) is 4.75. The Labute approximate surface area is 113 Å². The summed E-state index contributed by atoms with van der Waals surface area (Å²) in [5.41, 5.74) is -1.24. The lowest BCUT2D eigenvalue weighted by molar-refractivity contribution is -0.219. The SMILES string of the molecule is CC1C(=O)OC1(Cn1cncn1)c1cc(F)ccc1F. The Hall–Kier alpha value is -2.31. The molecule has 0 aliphatic carbocycles. The standard InChI is InChI=1S/C13H11F2N3O2/c1-8-12(19)20-13(8,5-18-7-16-6-17-18)10-4-9(14)2-3-11(10)15/h2-4,6-8H,5H2,1H3. The normalized spacial score (nSPS) is 25.1. The van der Waals surface area contributed by atoms with E-state index in [1.807, 2.05) is 0 Å². The van der Waals surface area contributed by atoms with E-state index in [-0.39, 0.29) is 12.1 Å². The van der Waals surface area contributed by atoms with E-state index in [0.29, 0.717) is 0 Å². The third kappa shape index (κ3) is 1.77. The van der Waals surface area contributed by atoms with Crippen LogP contribution in [0.25, 0.3) is 0 Å². The molecule has 1 aliphatic heterocycles. The monoisotopic (exact) mass is 279 g/mol. The van der Waals surface area contributed by atoms with Crippen molar-refractivity contribution in [3.8, 4) is 0 Å². The maximum absolute atomic E-state index is 14.0. The molecule has 0 bridgehead atoms. The minimum atomic E-state index is -1.25. The topological polar surface area (TPSA) is 57.0 Å². The van der Waals surface area contributed by atoms with Gasteiger partial charge in [-0.15, -0.1) is 0 Å². The summed E-state index contributed by atoms with van der Waals surface area (Å²) in [5.74, 6) is -2.25. The first kappa shape index (κ1) is 12.7. The Morgan fingerprint density at radius 3 is 2.85 bits per heavy atom. The van der Waals surface area contributed by atoms with Crippen LogP contribution in [0, 0.1) is 17.6 Å². The summed E-state index contributed by atoms with van der Waals surface area (Å²) in [5, 5.41) is 3.92. The van der Waals surface area contributed by atoms with Gasteiger partial charge in [-0.25, -0.2) is 18.4 Å². The Kier molecular flexibility index (Phi) is 2.77. The van der Waals surface area contributed by atoms with E-state index in [2.05, 4.69) is 10.1 Å². The van der Waals surface area contributed by atoms with Crippen LogP contribution in [0.5, 0.6) is 0 Å². The Morgan fingerprint density at radius 2 is 2.25 bits per heavy atom. The van der Waals surface area contributed by atoms with Gasteiger partial charge < -0.3 is 4.74 Å². The summed E-state index contributed by atoms with van der Waals surface area (Å²) in [4.78, 5) is 15.2. The first-order chi connectivity index (χ1) is 9.53. The number of aromatic nitrogens is 3. The van der Waals surface area contributed by atoms with E-state index in [1.54, 1.807) is 6.92 Å². The van der Waals surface area contributed by atoms with Crippen molar-refractivity contribution in [2.75, 3.05) is 0 Å². The maximum atomic E-state index is 14.0. The van der Waals surface area contributed by atoms with Crippen LogP contribution in [0.1, 0.15) is 12.5 Å². The molecular formula is C13H11F2N3O2. The molecule has 7 heteroatoms. The number of carbonyl (C=O) groups is 1. The number of halogens is 2. The van der Waals surface area contributed by atoms with Gasteiger partial charge in [-0.05, 0) is 25.1 Å². The zero-order valence-corrected chi connectivity index (χ0v) is 10.6. The number of hydrogen-bond donors (Lipinski definition) is 0. The molecule has 104 valence electrons. The van der Waals surface area contributed by atoms with Gasteiger partial charge in [0.25, 0.3) is 0 Å². The number of nitrogens with zero attached hydrogens (tertiary/aromatic N) is 3. The fourth-order valence-corrected chi connectivity index (χ4v) is 2.41. The largest absolute Gasteiger partial charge is 0.451 e. The highest BCUT2D eigenvalue weighted by atomic mass is 19.1. The first-order valence-electron chi connectivity index (χ1n) is 6.04. The highest BCUT2D eigenvalue weighted by molar-refractivity contribution is 5.80. The van der Waals surface area contributed by atoms with Gasteiger partial charge in [0.15, 0.2) is 5.60 Å². The molecule has 1 aromatic carbocycles. The summed E-state index contributed by atoms with van der Waals surface area (Å²) in [6, 6.07) is 3.09. The molecule has 2 atom stereocenters. The zero-order chi connectivity index (χ0) is 14.3. The first-order valence-corrected chi connectivity index (χ1v) is 6.04. The molecule has 0 saturated carbocycles. The third-order valence-electron chi connectivity index (χ3n) is 3.58. The van der Waals surface area contributed by atoms with E-state index in [1.165, 1.54) is 17.3 Å². The molecular weight excluding hydrogens is 268 g/mol. The molecule has 0 amide bonds. The van der Waals surface area contributed by atoms with Crippen molar-refractivity contribution < 1.29 is 18.3 Å². The van der Waals surface area contributed by atoms with Crippen LogP contribution in [-0.2, 0) is 21.7 Å². The number of carbonyl (C=O) groups excluding carboxylic acids is 1. The summed E-state index contributed by atoms with van der Waals surface area (Å²) in [6.45, 7) is 1.70. The predicted octanol–water partition coefficient (Wildman–Crippen LogP) is 1.64. The van der Waals surface area contributed by atoms with Gasteiger partial charge >= 0.3 is 5.97 Å². The lowest BCUT2D eigenvalue weighted by Gasteiger charge is -2.46. The lowest BCUT2D eigenvalue weighted by Crippen LogP contribution is -2.56. The third-order valence-corrected chi connectivity index (χ3v) is 3.58. The predicted molar refractivity (Wildman–Crippen MR) is 63.3 cm³/mol. The summed E-state index contributed by atoms with van der Waals surface area (Å²) in [7, 11) is 0. The maximum Gasteiger partial charge on any atom is 0.314 e. The second-order valence-electron chi connectivity index (χ2n) is 4.75. The van der Waals surface area contributed by atoms with Gasteiger partial charge in [0.2, 0.25) is 0 Å². The van der Waals surface area contributed by atoms with Crippen molar-refractivity contribution in [3.05, 3.63) is 48.1 Å². The number of esters is 1. The van der Waals surface area contributed by atoms with Crippen LogP contribution in [0.2, 0.25) is 0 Å². The lowest BCUT2D eigenvalue weighted by atomic mass is 9.77. The number of benzene rings is 1. The minimum Gasteiger partial charge on any atom is -0.451 e. The minimum absolute atomic E-state index is 0.0140. The van der Waals surface area contributed by atoms with Gasteiger partial charge in [0.05, 0.1) is 6.54 Å². The summed E-state index contributed by atoms with van der Waals surface area (Å²) in [6.07, 6.45) is 2.75. The van der Waals surface area contributed by atoms with Crippen molar-refractivity contribution in [1.82, 2.24) is 14.8 Å². The van der Waals surface area contributed by atoms with E-state index < -0.39 is 29.1 Å². The molecule has 2 aromatic rings.